The Morgan fingerprint density at radius 2 is 2.16 bits per heavy atom. The molecule has 0 radical (unpaired) electrons. The quantitative estimate of drug-likeness (QED) is 0.745. The maximum absolute atomic E-state index is 13.3. The van der Waals surface area contributed by atoms with Gasteiger partial charge in [-0.05, 0) is 31.2 Å². The summed E-state index contributed by atoms with van der Waals surface area (Å²) in [7, 11) is 0. The topological polar surface area (TPSA) is 79.8 Å². The molecule has 7 heteroatoms. The number of hydrogen-bond donors (Lipinski definition) is 2. The number of nitrogens with zero attached hydrogens (tertiary/aromatic N) is 2. The minimum absolute atomic E-state index is 0.0795. The minimum atomic E-state index is -0.425. The second kappa shape index (κ2) is 7.12. The van der Waals surface area contributed by atoms with Crippen molar-refractivity contribution in [2.24, 2.45) is 0 Å². The predicted molar refractivity (Wildman–Crippen MR) is 91.4 cm³/mol. The molecule has 2 heterocycles. The van der Waals surface area contributed by atoms with Gasteiger partial charge < -0.3 is 10.3 Å². The van der Waals surface area contributed by atoms with Gasteiger partial charge in [0, 0.05) is 37.1 Å². The third-order valence-electron chi connectivity index (χ3n) is 3.69. The van der Waals surface area contributed by atoms with Gasteiger partial charge in [-0.15, -0.1) is 0 Å². The lowest BCUT2D eigenvalue weighted by molar-refractivity contribution is 0.0952. The van der Waals surface area contributed by atoms with E-state index in [2.05, 4.69) is 15.4 Å². The Morgan fingerprint density at radius 3 is 2.92 bits per heavy atom. The lowest BCUT2D eigenvalue weighted by Crippen LogP contribution is -2.30. The van der Waals surface area contributed by atoms with Gasteiger partial charge in [-0.3, -0.25) is 9.59 Å². The number of pyridine rings is 1. The first-order valence-electron chi connectivity index (χ1n) is 7.81. The fourth-order valence-corrected chi connectivity index (χ4v) is 2.41. The third-order valence-corrected chi connectivity index (χ3v) is 3.69. The fourth-order valence-electron chi connectivity index (χ4n) is 2.41. The number of amides is 1. The Hall–Kier alpha value is -3.22. The van der Waals surface area contributed by atoms with Crippen molar-refractivity contribution in [1.29, 1.82) is 0 Å². The van der Waals surface area contributed by atoms with Crippen LogP contribution in [-0.4, -0.2) is 27.2 Å². The second-order valence-corrected chi connectivity index (χ2v) is 5.63. The standard InChI is InChI=1S/C18H17FN4O2/c1-12-9-17(24)16(11-21-12)18(25)20-7-5-14-6-8-23(22-14)15-4-2-3-13(19)10-15/h2-4,6,8-11H,5,7H2,1H3,(H,20,25)(H,21,24). The molecule has 0 unspecified atom stereocenters. The highest BCUT2D eigenvalue weighted by atomic mass is 19.1. The molecule has 0 saturated carbocycles. The number of halogens is 1. The molecule has 0 spiro atoms. The van der Waals surface area contributed by atoms with E-state index in [1.807, 2.05) is 0 Å². The van der Waals surface area contributed by atoms with E-state index in [0.717, 1.165) is 5.69 Å². The number of aromatic amines is 1. The zero-order valence-electron chi connectivity index (χ0n) is 13.6. The summed E-state index contributed by atoms with van der Waals surface area (Å²) in [4.78, 5) is 26.7. The summed E-state index contributed by atoms with van der Waals surface area (Å²) in [6, 6.07) is 9.32. The van der Waals surface area contributed by atoms with E-state index in [1.54, 1.807) is 36.0 Å². The smallest absolute Gasteiger partial charge is 0.256 e. The number of H-pyrrole nitrogens is 1. The number of benzene rings is 1. The van der Waals surface area contributed by atoms with Crippen LogP contribution in [0, 0.1) is 12.7 Å². The van der Waals surface area contributed by atoms with Crippen molar-refractivity contribution in [2.45, 2.75) is 13.3 Å². The van der Waals surface area contributed by atoms with Crippen molar-refractivity contribution in [3.05, 3.63) is 81.8 Å². The monoisotopic (exact) mass is 340 g/mol. The average Bonchev–Trinajstić information content (AvgIpc) is 3.03. The Morgan fingerprint density at radius 1 is 1.32 bits per heavy atom. The molecule has 0 bridgehead atoms. The average molecular weight is 340 g/mol. The van der Waals surface area contributed by atoms with Gasteiger partial charge in [0.05, 0.1) is 11.4 Å². The number of aromatic nitrogens is 3. The SMILES string of the molecule is Cc1cc(=O)c(C(=O)NCCc2ccn(-c3cccc(F)c3)n2)c[nH]1. The van der Waals surface area contributed by atoms with E-state index < -0.39 is 5.91 Å². The summed E-state index contributed by atoms with van der Waals surface area (Å²) in [5.74, 6) is -0.754. The molecule has 1 amide bonds. The fraction of sp³-hybridized carbons (Fsp3) is 0.167. The van der Waals surface area contributed by atoms with Gasteiger partial charge >= 0.3 is 0 Å². The molecule has 2 N–H and O–H groups in total. The Bertz CT molecular complexity index is 961. The van der Waals surface area contributed by atoms with Crippen molar-refractivity contribution >= 4 is 5.91 Å². The van der Waals surface area contributed by atoms with Crippen LogP contribution in [0.15, 0.2) is 53.6 Å². The molecule has 3 rings (SSSR count). The van der Waals surface area contributed by atoms with Crippen LogP contribution >= 0.6 is 0 Å². The summed E-state index contributed by atoms with van der Waals surface area (Å²) in [6.45, 7) is 2.09. The van der Waals surface area contributed by atoms with E-state index in [1.165, 1.54) is 24.4 Å². The lowest BCUT2D eigenvalue weighted by Gasteiger charge is -2.04. The molecule has 0 aliphatic carbocycles. The third kappa shape index (κ3) is 4.00. The summed E-state index contributed by atoms with van der Waals surface area (Å²) >= 11 is 0. The van der Waals surface area contributed by atoms with Crippen LogP contribution in [0.25, 0.3) is 5.69 Å². The molecular formula is C18H17FN4O2. The number of carbonyl (C=O) groups is 1. The number of aryl methyl sites for hydroxylation is 1. The van der Waals surface area contributed by atoms with E-state index in [-0.39, 0.29) is 16.8 Å². The number of nitrogens with one attached hydrogen (secondary N) is 2. The Balaban J connectivity index is 1.59. The predicted octanol–water partition coefficient (Wildman–Crippen LogP) is 1.98. The molecule has 1 aromatic carbocycles. The van der Waals surface area contributed by atoms with Crippen LogP contribution in [0.1, 0.15) is 21.7 Å². The highest BCUT2D eigenvalue weighted by molar-refractivity contribution is 5.93. The molecule has 25 heavy (non-hydrogen) atoms. The zero-order chi connectivity index (χ0) is 17.8. The van der Waals surface area contributed by atoms with Crippen LogP contribution in [0.2, 0.25) is 0 Å². The van der Waals surface area contributed by atoms with Crippen LogP contribution in [0.3, 0.4) is 0 Å². The molecular weight excluding hydrogens is 323 g/mol. The van der Waals surface area contributed by atoms with Crippen LogP contribution < -0.4 is 10.7 Å². The van der Waals surface area contributed by atoms with Crippen molar-refractivity contribution in [3.8, 4) is 5.69 Å². The van der Waals surface area contributed by atoms with Gasteiger partial charge in [-0.2, -0.15) is 5.10 Å². The van der Waals surface area contributed by atoms with Crippen molar-refractivity contribution < 1.29 is 9.18 Å². The molecule has 3 aromatic rings. The van der Waals surface area contributed by atoms with Gasteiger partial charge in [0.25, 0.3) is 5.91 Å². The van der Waals surface area contributed by atoms with E-state index in [0.29, 0.717) is 24.3 Å². The maximum atomic E-state index is 13.3. The summed E-state index contributed by atoms with van der Waals surface area (Å²) in [6.07, 6.45) is 3.64. The summed E-state index contributed by atoms with van der Waals surface area (Å²) in [5.41, 5.74) is 1.84. The second-order valence-electron chi connectivity index (χ2n) is 5.63. The van der Waals surface area contributed by atoms with E-state index in [9.17, 15) is 14.0 Å². The molecule has 2 aromatic heterocycles. The molecule has 0 fully saturated rings. The normalized spacial score (nSPS) is 10.6. The van der Waals surface area contributed by atoms with Crippen LogP contribution in [0.4, 0.5) is 4.39 Å². The Labute approximate surface area is 143 Å². The first kappa shape index (κ1) is 16.6. The van der Waals surface area contributed by atoms with Gasteiger partial charge in [0.1, 0.15) is 11.4 Å². The maximum Gasteiger partial charge on any atom is 0.256 e. The van der Waals surface area contributed by atoms with Crippen LogP contribution in [0.5, 0.6) is 0 Å². The van der Waals surface area contributed by atoms with Crippen molar-refractivity contribution in [3.63, 3.8) is 0 Å². The number of rotatable bonds is 5. The van der Waals surface area contributed by atoms with Gasteiger partial charge in [-0.25, -0.2) is 9.07 Å². The Kier molecular flexibility index (Phi) is 4.74. The van der Waals surface area contributed by atoms with Gasteiger partial charge in [0.2, 0.25) is 0 Å². The summed E-state index contributed by atoms with van der Waals surface area (Å²) in [5, 5.41) is 7.05. The number of hydrogen-bond acceptors (Lipinski definition) is 3. The molecule has 0 aliphatic rings. The largest absolute Gasteiger partial charge is 0.364 e. The van der Waals surface area contributed by atoms with Crippen LogP contribution in [-0.2, 0) is 6.42 Å². The molecule has 0 saturated heterocycles. The van der Waals surface area contributed by atoms with E-state index >= 15 is 0 Å². The first-order valence-corrected chi connectivity index (χ1v) is 7.81. The molecule has 0 atom stereocenters. The highest BCUT2D eigenvalue weighted by Crippen LogP contribution is 2.09. The van der Waals surface area contributed by atoms with Gasteiger partial charge in [-0.1, -0.05) is 6.07 Å². The number of carbonyl (C=O) groups excluding carboxylic acids is 1. The molecule has 128 valence electrons. The van der Waals surface area contributed by atoms with Crippen molar-refractivity contribution in [2.75, 3.05) is 6.54 Å². The highest BCUT2D eigenvalue weighted by Gasteiger charge is 2.10. The zero-order valence-corrected chi connectivity index (χ0v) is 13.6. The van der Waals surface area contributed by atoms with E-state index in [4.69, 9.17) is 0 Å². The lowest BCUT2D eigenvalue weighted by atomic mass is 10.2. The summed E-state index contributed by atoms with van der Waals surface area (Å²) < 4.78 is 14.8. The molecule has 6 nitrogen and oxygen atoms in total. The first-order chi connectivity index (χ1) is 12.0. The van der Waals surface area contributed by atoms with Gasteiger partial charge in [0.15, 0.2) is 5.43 Å². The van der Waals surface area contributed by atoms with Crippen molar-refractivity contribution in [1.82, 2.24) is 20.1 Å². The molecule has 0 aliphatic heterocycles. The minimum Gasteiger partial charge on any atom is -0.364 e.